The highest BCUT2D eigenvalue weighted by molar-refractivity contribution is 6.81. The van der Waals surface area contributed by atoms with Crippen LogP contribution >= 0.6 is 0 Å². The van der Waals surface area contributed by atoms with Crippen LogP contribution < -0.4 is 0 Å². The van der Waals surface area contributed by atoms with Gasteiger partial charge in [-0.3, -0.25) is 4.98 Å². The summed E-state index contributed by atoms with van der Waals surface area (Å²) < 4.78 is 0. The van der Waals surface area contributed by atoms with E-state index in [1.54, 1.807) is 5.57 Å². The van der Waals surface area contributed by atoms with Crippen molar-refractivity contribution in [3.63, 3.8) is 0 Å². The Morgan fingerprint density at radius 1 is 1.08 bits per heavy atom. The number of para-hydroxylation sites is 1. The predicted molar refractivity (Wildman–Crippen MR) is 109 cm³/mol. The highest BCUT2D eigenvalue weighted by atomic mass is 28.3. The Balaban J connectivity index is 2.26. The van der Waals surface area contributed by atoms with Gasteiger partial charge in [0.05, 0.1) is 13.6 Å². The Morgan fingerprint density at radius 3 is 2.50 bits per heavy atom. The van der Waals surface area contributed by atoms with E-state index in [1.807, 2.05) is 12.3 Å². The number of allylic oxidation sites excluding steroid dienone is 5. The van der Waals surface area contributed by atoms with Crippen molar-refractivity contribution in [1.82, 2.24) is 4.98 Å². The van der Waals surface area contributed by atoms with Gasteiger partial charge in [-0.1, -0.05) is 49.0 Å². The first kappa shape index (κ1) is 16.9. The van der Waals surface area contributed by atoms with Crippen molar-refractivity contribution in [2.75, 3.05) is 0 Å². The molecule has 0 aliphatic heterocycles. The van der Waals surface area contributed by atoms with Crippen LogP contribution in [0.3, 0.4) is 0 Å². The van der Waals surface area contributed by atoms with Crippen LogP contribution in [0.15, 0.2) is 65.9 Å². The molecule has 2 aromatic rings. The minimum absolute atomic E-state index is 0.545. The molecule has 0 radical (unpaired) electrons. The van der Waals surface area contributed by atoms with Gasteiger partial charge in [0.2, 0.25) is 0 Å². The fourth-order valence-corrected chi connectivity index (χ4v) is 7.81. The summed E-state index contributed by atoms with van der Waals surface area (Å²) in [4.78, 5) is 4.72. The Bertz CT molecular complexity index is 865. The molecular weight excluding hydrogens is 306 g/mol. The third-order valence-electron chi connectivity index (χ3n) is 5.65. The van der Waals surface area contributed by atoms with E-state index in [0.717, 1.165) is 11.6 Å². The molecule has 1 heterocycles. The topological polar surface area (TPSA) is 12.9 Å². The van der Waals surface area contributed by atoms with Gasteiger partial charge >= 0.3 is 0 Å². The quantitative estimate of drug-likeness (QED) is 0.452. The van der Waals surface area contributed by atoms with Crippen molar-refractivity contribution in [3.8, 4) is 0 Å². The fraction of sp³-hybridized carbons (Fsp3) is 0.318. The van der Waals surface area contributed by atoms with Crippen LogP contribution in [0.4, 0.5) is 0 Å². The van der Waals surface area contributed by atoms with Gasteiger partial charge in [0.15, 0.2) is 0 Å². The highest BCUT2D eigenvalue weighted by Crippen LogP contribution is 2.53. The maximum Gasteiger partial charge on any atom is 0.0777 e. The number of benzene rings is 1. The summed E-state index contributed by atoms with van der Waals surface area (Å²) >= 11 is 0. The number of hydrogen-bond acceptors (Lipinski definition) is 1. The van der Waals surface area contributed by atoms with Crippen LogP contribution in [0.5, 0.6) is 0 Å². The number of fused-ring (bicyclic) bond motifs is 1. The van der Waals surface area contributed by atoms with E-state index in [9.17, 15) is 0 Å². The van der Waals surface area contributed by atoms with Gasteiger partial charge in [0.25, 0.3) is 0 Å². The molecule has 1 atom stereocenters. The summed E-state index contributed by atoms with van der Waals surface area (Å²) in [7, 11) is -1.51. The van der Waals surface area contributed by atoms with Crippen molar-refractivity contribution in [3.05, 3.63) is 71.5 Å². The zero-order valence-electron chi connectivity index (χ0n) is 15.5. The first-order chi connectivity index (χ1) is 11.4. The van der Waals surface area contributed by atoms with E-state index in [-0.39, 0.29) is 0 Å². The molecule has 0 saturated heterocycles. The number of nitrogens with zero attached hydrogens (tertiary/aromatic N) is 1. The minimum Gasteiger partial charge on any atom is -0.256 e. The molecule has 1 aliphatic carbocycles. The first-order valence-corrected chi connectivity index (χ1v) is 12.0. The summed E-state index contributed by atoms with van der Waals surface area (Å²) in [5.41, 5.74) is 8.96. The fourth-order valence-electron chi connectivity index (χ4n) is 4.29. The molecule has 0 N–H and O–H groups in total. The lowest BCUT2D eigenvalue weighted by molar-refractivity contribution is 1.14. The molecule has 1 nitrogen and oxygen atoms in total. The Labute approximate surface area is 146 Å². The second-order valence-corrected chi connectivity index (χ2v) is 12.6. The molecule has 1 unspecified atom stereocenters. The van der Waals surface area contributed by atoms with Gasteiger partial charge in [-0.05, 0) is 49.6 Å². The number of pyridine rings is 1. The van der Waals surface area contributed by atoms with E-state index in [1.165, 1.54) is 27.7 Å². The first-order valence-electron chi connectivity index (χ1n) is 8.72. The van der Waals surface area contributed by atoms with Crippen LogP contribution in [-0.2, 0) is 0 Å². The molecule has 3 rings (SSSR count). The average Bonchev–Trinajstić information content (AvgIpc) is 2.79. The second kappa shape index (κ2) is 6.17. The van der Waals surface area contributed by atoms with Crippen molar-refractivity contribution in [2.45, 2.75) is 45.5 Å². The maximum atomic E-state index is 4.72. The lowest BCUT2D eigenvalue weighted by atomic mass is 9.97. The van der Waals surface area contributed by atoms with E-state index >= 15 is 0 Å². The molecule has 1 aromatic carbocycles. The maximum absolute atomic E-state index is 4.72. The standard InChI is InChI=1S/C22H27NSi/c1-7-14-24(5,6)22-17(4)15(2)16(3)20(22)19-12-8-10-18-11-9-13-23-21(18)19/h7-13,22H,1,14H2,2-6H3. The van der Waals surface area contributed by atoms with E-state index in [4.69, 9.17) is 4.98 Å². The van der Waals surface area contributed by atoms with Gasteiger partial charge in [-0.25, -0.2) is 0 Å². The molecule has 0 amide bonds. The molecule has 1 aliphatic rings. The van der Waals surface area contributed by atoms with Gasteiger partial charge in [-0.15, -0.1) is 6.58 Å². The molecule has 2 heteroatoms. The SMILES string of the molecule is C=CC[Si](C)(C)C1C(C)=C(C)C(C)=C1c1cccc2cccnc12. The van der Waals surface area contributed by atoms with E-state index < -0.39 is 8.07 Å². The molecule has 24 heavy (non-hydrogen) atoms. The molecule has 0 bridgehead atoms. The lowest BCUT2D eigenvalue weighted by Gasteiger charge is -2.33. The van der Waals surface area contributed by atoms with Crippen LogP contribution in [0, 0.1) is 0 Å². The number of aromatic nitrogens is 1. The summed E-state index contributed by atoms with van der Waals surface area (Å²) in [6, 6.07) is 11.9. The van der Waals surface area contributed by atoms with E-state index in [2.05, 4.69) is 70.8 Å². The monoisotopic (exact) mass is 333 g/mol. The smallest absolute Gasteiger partial charge is 0.0777 e. The van der Waals surface area contributed by atoms with Crippen molar-refractivity contribution in [2.24, 2.45) is 0 Å². The Kier molecular flexibility index (Phi) is 4.35. The molecule has 124 valence electrons. The molecular formula is C22H27NSi. The van der Waals surface area contributed by atoms with Crippen molar-refractivity contribution in [1.29, 1.82) is 0 Å². The summed E-state index contributed by atoms with van der Waals surface area (Å²) in [5.74, 6) is 0. The van der Waals surface area contributed by atoms with Crippen LogP contribution in [0.2, 0.25) is 24.7 Å². The average molecular weight is 334 g/mol. The van der Waals surface area contributed by atoms with E-state index in [0.29, 0.717) is 5.54 Å². The third-order valence-corrected chi connectivity index (χ3v) is 9.28. The summed E-state index contributed by atoms with van der Waals surface area (Å²) in [6.07, 6.45) is 4.02. The minimum atomic E-state index is -1.51. The summed E-state index contributed by atoms with van der Waals surface area (Å²) in [6.45, 7) is 15.9. The second-order valence-electron chi connectivity index (χ2n) is 7.64. The highest BCUT2D eigenvalue weighted by Gasteiger charge is 2.40. The van der Waals surface area contributed by atoms with Crippen LogP contribution in [0.25, 0.3) is 16.5 Å². The van der Waals surface area contributed by atoms with Crippen molar-refractivity contribution < 1.29 is 0 Å². The zero-order valence-corrected chi connectivity index (χ0v) is 16.5. The third kappa shape index (κ3) is 2.59. The van der Waals surface area contributed by atoms with Gasteiger partial charge in [0, 0.05) is 22.7 Å². The van der Waals surface area contributed by atoms with Gasteiger partial charge < -0.3 is 0 Å². The Hall–Kier alpha value is -1.93. The molecule has 0 saturated carbocycles. The Morgan fingerprint density at radius 2 is 1.79 bits per heavy atom. The van der Waals surface area contributed by atoms with Gasteiger partial charge in [-0.2, -0.15) is 0 Å². The molecule has 1 aromatic heterocycles. The molecule has 0 fully saturated rings. The molecule has 0 spiro atoms. The normalized spacial score (nSPS) is 18.6. The van der Waals surface area contributed by atoms with Crippen molar-refractivity contribution >= 4 is 24.5 Å². The lowest BCUT2D eigenvalue weighted by Crippen LogP contribution is -2.32. The van der Waals surface area contributed by atoms with Crippen LogP contribution in [0.1, 0.15) is 26.3 Å². The largest absolute Gasteiger partial charge is 0.256 e. The number of rotatable bonds is 4. The van der Waals surface area contributed by atoms with Gasteiger partial charge in [0.1, 0.15) is 0 Å². The summed E-state index contributed by atoms with van der Waals surface area (Å²) in [5, 5.41) is 1.22. The van der Waals surface area contributed by atoms with Crippen LogP contribution in [-0.4, -0.2) is 13.1 Å². The predicted octanol–water partition coefficient (Wildman–Crippen LogP) is 6.62. The number of hydrogen-bond donors (Lipinski definition) is 0. The zero-order chi connectivity index (χ0) is 17.5.